The van der Waals surface area contributed by atoms with Gasteiger partial charge in [-0.15, -0.1) is 10.2 Å². The van der Waals surface area contributed by atoms with Gasteiger partial charge in [0.1, 0.15) is 5.75 Å². The van der Waals surface area contributed by atoms with Crippen LogP contribution in [-0.2, 0) is 11.3 Å². The lowest BCUT2D eigenvalue weighted by Gasteiger charge is -2.22. The maximum atomic E-state index is 12.9. The molecule has 0 radical (unpaired) electrons. The Bertz CT molecular complexity index is 1130. The Morgan fingerprint density at radius 3 is 2.44 bits per heavy atom. The van der Waals surface area contributed by atoms with Crippen LogP contribution in [0.4, 0.5) is 5.69 Å². The molecule has 2 aromatic carbocycles. The van der Waals surface area contributed by atoms with Crippen molar-refractivity contribution >= 4 is 40.9 Å². The molecule has 2 N–H and O–H groups in total. The zero-order valence-electron chi connectivity index (χ0n) is 19.5. The minimum Gasteiger partial charge on any atom is -0.497 e. The first-order chi connectivity index (χ1) is 16.3. The number of methoxy groups -OCH3 is 1. The molecule has 0 aliphatic heterocycles. The van der Waals surface area contributed by atoms with Crippen molar-refractivity contribution in [3.8, 4) is 5.75 Å². The van der Waals surface area contributed by atoms with Crippen LogP contribution in [0.3, 0.4) is 0 Å². The van der Waals surface area contributed by atoms with E-state index in [1.54, 1.807) is 55.6 Å². The van der Waals surface area contributed by atoms with Gasteiger partial charge in [-0.1, -0.05) is 49.3 Å². The molecule has 0 saturated carbocycles. The van der Waals surface area contributed by atoms with E-state index in [1.807, 2.05) is 25.3 Å². The number of nitrogens with one attached hydrogen (secondary N) is 2. The second kappa shape index (κ2) is 11.9. The summed E-state index contributed by atoms with van der Waals surface area (Å²) in [6.07, 6.45) is 0. The molecule has 2 amide bonds. The standard InChI is InChI=1S/C24H28ClN5O3S/c1-5-30-22(21(15(2)3)27-23(32)18-8-6-7-9-19(18)25)28-29-24(30)34-14-20(31)26-16-10-12-17(33-4)13-11-16/h6-13,15,21H,5,14H2,1-4H3,(H,26,31)(H,27,32)/t21-/m1/s1. The quantitative estimate of drug-likeness (QED) is 0.386. The Hall–Kier alpha value is -3.04. The van der Waals surface area contributed by atoms with Crippen molar-refractivity contribution in [1.82, 2.24) is 20.1 Å². The number of nitrogens with zero attached hydrogens (tertiary/aromatic N) is 3. The Morgan fingerprint density at radius 1 is 1.12 bits per heavy atom. The van der Waals surface area contributed by atoms with Crippen molar-refractivity contribution in [3.63, 3.8) is 0 Å². The van der Waals surface area contributed by atoms with Crippen LogP contribution in [-0.4, -0.2) is 39.4 Å². The number of amides is 2. The van der Waals surface area contributed by atoms with Crippen molar-refractivity contribution in [2.24, 2.45) is 5.92 Å². The van der Waals surface area contributed by atoms with E-state index in [9.17, 15) is 9.59 Å². The molecule has 180 valence electrons. The van der Waals surface area contributed by atoms with E-state index in [0.29, 0.717) is 33.8 Å². The number of hydrogen-bond donors (Lipinski definition) is 2. The fourth-order valence-corrected chi connectivity index (χ4v) is 4.36. The maximum Gasteiger partial charge on any atom is 0.253 e. The van der Waals surface area contributed by atoms with E-state index < -0.39 is 0 Å². The summed E-state index contributed by atoms with van der Waals surface area (Å²) < 4.78 is 7.05. The first kappa shape index (κ1) is 25.6. The second-order valence-electron chi connectivity index (χ2n) is 7.83. The van der Waals surface area contributed by atoms with Crippen LogP contribution in [0, 0.1) is 5.92 Å². The molecule has 3 rings (SSSR count). The van der Waals surface area contributed by atoms with Gasteiger partial charge in [0.25, 0.3) is 5.91 Å². The molecule has 34 heavy (non-hydrogen) atoms. The van der Waals surface area contributed by atoms with E-state index in [0.717, 1.165) is 5.75 Å². The summed E-state index contributed by atoms with van der Waals surface area (Å²) in [4.78, 5) is 25.3. The predicted molar refractivity (Wildman–Crippen MR) is 135 cm³/mol. The number of hydrogen-bond acceptors (Lipinski definition) is 6. The molecule has 1 atom stereocenters. The molecule has 1 aromatic heterocycles. The van der Waals surface area contributed by atoms with Gasteiger partial charge in [-0.05, 0) is 49.2 Å². The Balaban J connectivity index is 1.70. The van der Waals surface area contributed by atoms with E-state index in [1.165, 1.54) is 11.8 Å². The highest BCUT2D eigenvalue weighted by molar-refractivity contribution is 7.99. The van der Waals surface area contributed by atoms with Gasteiger partial charge in [-0.25, -0.2) is 0 Å². The number of ether oxygens (including phenoxy) is 1. The van der Waals surface area contributed by atoms with Gasteiger partial charge in [-0.3, -0.25) is 9.59 Å². The fraction of sp³-hybridized carbons (Fsp3) is 0.333. The number of halogens is 1. The van der Waals surface area contributed by atoms with Gasteiger partial charge in [0.2, 0.25) is 5.91 Å². The lowest BCUT2D eigenvalue weighted by atomic mass is 10.0. The Kier molecular flexibility index (Phi) is 8.95. The van der Waals surface area contributed by atoms with Crippen molar-refractivity contribution in [2.75, 3.05) is 18.2 Å². The number of thioether (sulfide) groups is 1. The van der Waals surface area contributed by atoms with Crippen molar-refractivity contribution in [3.05, 3.63) is 64.9 Å². The highest BCUT2D eigenvalue weighted by Gasteiger charge is 2.26. The van der Waals surface area contributed by atoms with E-state index in [2.05, 4.69) is 20.8 Å². The third-order valence-electron chi connectivity index (χ3n) is 5.12. The first-order valence-electron chi connectivity index (χ1n) is 10.9. The third kappa shape index (κ3) is 6.30. The van der Waals surface area contributed by atoms with Crippen LogP contribution < -0.4 is 15.4 Å². The van der Waals surface area contributed by atoms with Gasteiger partial charge in [0, 0.05) is 12.2 Å². The number of rotatable bonds is 10. The smallest absolute Gasteiger partial charge is 0.253 e. The molecule has 1 heterocycles. The molecule has 8 nitrogen and oxygen atoms in total. The number of carbonyl (C=O) groups excluding carboxylic acids is 2. The molecule has 0 aliphatic rings. The van der Waals surface area contributed by atoms with Gasteiger partial charge in [0.05, 0.1) is 29.5 Å². The average Bonchev–Trinajstić information content (AvgIpc) is 3.24. The largest absolute Gasteiger partial charge is 0.497 e. The minimum absolute atomic E-state index is 0.0529. The molecule has 10 heteroatoms. The van der Waals surface area contributed by atoms with E-state index in [-0.39, 0.29) is 29.5 Å². The van der Waals surface area contributed by atoms with Crippen LogP contribution in [0.2, 0.25) is 5.02 Å². The second-order valence-corrected chi connectivity index (χ2v) is 9.18. The monoisotopic (exact) mass is 501 g/mol. The average molecular weight is 502 g/mol. The molecule has 0 fully saturated rings. The van der Waals surface area contributed by atoms with Gasteiger partial charge in [0.15, 0.2) is 11.0 Å². The van der Waals surface area contributed by atoms with Gasteiger partial charge >= 0.3 is 0 Å². The highest BCUT2D eigenvalue weighted by atomic mass is 35.5. The number of carbonyl (C=O) groups is 2. The number of anilines is 1. The van der Waals surface area contributed by atoms with E-state index >= 15 is 0 Å². The van der Waals surface area contributed by atoms with Crippen LogP contribution in [0.1, 0.15) is 43.0 Å². The molecule has 0 unspecified atom stereocenters. The molecule has 3 aromatic rings. The highest BCUT2D eigenvalue weighted by Crippen LogP contribution is 2.26. The number of aromatic nitrogens is 3. The normalized spacial score (nSPS) is 11.8. The molecule has 0 saturated heterocycles. The third-order valence-corrected chi connectivity index (χ3v) is 6.41. The first-order valence-corrected chi connectivity index (χ1v) is 12.3. The van der Waals surface area contributed by atoms with Crippen LogP contribution in [0.25, 0.3) is 0 Å². The summed E-state index contributed by atoms with van der Waals surface area (Å²) in [6, 6.07) is 13.7. The summed E-state index contributed by atoms with van der Waals surface area (Å²) >= 11 is 7.49. The molecule has 0 spiro atoms. The van der Waals surface area contributed by atoms with Gasteiger partial charge in [-0.2, -0.15) is 0 Å². The SMILES string of the molecule is CCn1c(SCC(=O)Nc2ccc(OC)cc2)nnc1[C@H](NC(=O)c1ccccc1Cl)C(C)C. The summed E-state index contributed by atoms with van der Waals surface area (Å²) in [7, 11) is 1.59. The Morgan fingerprint density at radius 2 is 1.82 bits per heavy atom. The van der Waals surface area contributed by atoms with Crippen LogP contribution in [0.15, 0.2) is 53.7 Å². The van der Waals surface area contributed by atoms with Crippen molar-refractivity contribution in [1.29, 1.82) is 0 Å². The topological polar surface area (TPSA) is 98.1 Å². The molecular formula is C24H28ClN5O3S. The van der Waals surface area contributed by atoms with Crippen molar-refractivity contribution < 1.29 is 14.3 Å². The predicted octanol–water partition coefficient (Wildman–Crippen LogP) is 4.82. The molecule has 0 aliphatic carbocycles. The number of benzene rings is 2. The lowest BCUT2D eigenvalue weighted by Crippen LogP contribution is -2.34. The minimum atomic E-state index is -0.376. The summed E-state index contributed by atoms with van der Waals surface area (Å²) in [5.74, 6) is 1.14. The van der Waals surface area contributed by atoms with Crippen LogP contribution in [0.5, 0.6) is 5.75 Å². The molecular weight excluding hydrogens is 474 g/mol. The maximum absolute atomic E-state index is 12.9. The zero-order valence-corrected chi connectivity index (χ0v) is 21.1. The summed E-state index contributed by atoms with van der Waals surface area (Å²) in [5.41, 5.74) is 1.09. The fourth-order valence-electron chi connectivity index (χ4n) is 3.33. The summed E-state index contributed by atoms with van der Waals surface area (Å²) in [5, 5.41) is 15.5. The zero-order chi connectivity index (χ0) is 24.7. The summed E-state index contributed by atoms with van der Waals surface area (Å²) in [6.45, 7) is 6.57. The van der Waals surface area contributed by atoms with E-state index in [4.69, 9.17) is 16.3 Å². The van der Waals surface area contributed by atoms with Crippen LogP contribution >= 0.6 is 23.4 Å². The van der Waals surface area contributed by atoms with Crippen molar-refractivity contribution in [2.45, 2.75) is 38.5 Å². The van der Waals surface area contributed by atoms with Gasteiger partial charge < -0.3 is 19.9 Å². The Labute approximate surface area is 208 Å². The lowest BCUT2D eigenvalue weighted by molar-refractivity contribution is -0.113. The molecule has 0 bridgehead atoms.